The molecule has 0 radical (unpaired) electrons. The number of ether oxygens (including phenoxy) is 2. The molecule has 3 rings (SSSR count). The van der Waals surface area contributed by atoms with E-state index in [-0.39, 0.29) is 11.7 Å². The van der Waals surface area contributed by atoms with Gasteiger partial charge in [0.05, 0.1) is 7.11 Å². The Hall–Kier alpha value is -3.67. The van der Waals surface area contributed by atoms with E-state index in [4.69, 9.17) is 9.47 Å². The summed E-state index contributed by atoms with van der Waals surface area (Å²) in [5, 5.41) is 2.82. The Morgan fingerprint density at radius 1 is 0.933 bits per heavy atom. The van der Waals surface area contributed by atoms with Crippen LogP contribution in [0.1, 0.15) is 28.4 Å². The fourth-order valence-electron chi connectivity index (χ4n) is 2.89. The Kier molecular flexibility index (Phi) is 6.80. The second-order valence-electron chi connectivity index (χ2n) is 6.65. The predicted molar refractivity (Wildman–Crippen MR) is 111 cm³/mol. The highest BCUT2D eigenvalue weighted by Gasteiger charge is 2.16. The molecule has 1 amide bonds. The second-order valence-corrected chi connectivity index (χ2v) is 6.65. The molecule has 3 aromatic carbocycles. The Bertz CT molecular complexity index is 1020. The molecule has 1 atom stereocenters. The van der Waals surface area contributed by atoms with Gasteiger partial charge in [0.2, 0.25) is 0 Å². The first-order chi connectivity index (χ1) is 14.5. The predicted octanol–water partition coefficient (Wildman–Crippen LogP) is 4.15. The zero-order valence-electron chi connectivity index (χ0n) is 16.7. The second kappa shape index (κ2) is 9.69. The van der Waals surface area contributed by atoms with E-state index in [1.54, 1.807) is 38.3 Å². The summed E-state index contributed by atoms with van der Waals surface area (Å²) in [5.74, 6) is 0.281. The summed E-state index contributed by atoms with van der Waals surface area (Å²) in [6, 6.07) is 19.3. The zero-order chi connectivity index (χ0) is 21.5. The standard InChI is InChI=1S/C24H22FNO4/c1-16(24(28)26-15-19-5-3-4-6-22(19)29-2)30-21-13-9-18(10-14-21)23(27)17-7-11-20(25)12-8-17/h3-14,16H,15H2,1-2H3,(H,26,28). The minimum absolute atomic E-state index is 0.218. The first-order valence-corrected chi connectivity index (χ1v) is 9.44. The summed E-state index contributed by atoms with van der Waals surface area (Å²) < 4.78 is 24.0. The molecule has 0 aliphatic heterocycles. The van der Waals surface area contributed by atoms with Crippen LogP contribution in [0.5, 0.6) is 11.5 Å². The van der Waals surface area contributed by atoms with E-state index in [9.17, 15) is 14.0 Å². The van der Waals surface area contributed by atoms with E-state index >= 15 is 0 Å². The van der Waals surface area contributed by atoms with Crippen molar-refractivity contribution in [1.29, 1.82) is 0 Å². The number of carbonyl (C=O) groups excluding carboxylic acids is 2. The van der Waals surface area contributed by atoms with E-state index in [1.807, 2.05) is 24.3 Å². The van der Waals surface area contributed by atoms with Crippen LogP contribution in [0.2, 0.25) is 0 Å². The van der Waals surface area contributed by atoms with Crippen molar-refractivity contribution in [3.8, 4) is 11.5 Å². The first-order valence-electron chi connectivity index (χ1n) is 9.44. The normalized spacial score (nSPS) is 11.4. The lowest BCUT2D eigenvalue weighted by Gasteiger charge is -2.16. The number of ketones is 1. The summed E-state index contributed by atoms with van der Waals surface area (Å²) in [5.41, 5.74) is 1.71. The molecule has 1 unspecified atom stereocenters. The van der Waals surface area contributed by atoms with Crippen molar-refractivity contribution in [3.63, 3.8) is 0 Å². The Labute approximate surface area is 174 Å². The summed E-state index contributed by atoms with van der Waals surface area (Å²) in [7, 11) is 1.58. The number of hydrogen-bond donors (Lipinski definition) is 1. The van der Waals surface area contributed by atoms with Gasteiger partial charge in [0.1, 0.15) is 17.3 Å². The lowest BCUT2D eigenvalue weighted by molar-refractivity contribution is -0.127. The number of methoxy groups -OCH3 is 1. The third-order valence-electron chi connectivity index (χ3n) is 4.55. The molecule has 0 aliphatic rings. The molecule has 0 aliphatic carbocycles. The molecule has 0 heterocycles. The molecule has 1 N–H and O–H groups in total. The van der Waals surface area contributed by atoms with Crippen molar-refractivity contribution >= 4 is 11.7 Å². The maximum Gasteiger partial charge on any atom is 0.261 e. The third-order valence-corrected chi connectivity index (χ3v) is 4.55. The van der Waals surface area contributed by atoms with Crippen LogP contribution in [0.3, 0.4) is 0 Å². The van der Waals surface area contributed by atoms with E-state index in [2.05, 4.69) is 5.32 Å². The number of benzene rings is 3. The maximum atomic E-state index is 13.0. The van der Waals surface area contributed by atoms with Crippen molar-refractivity contribution in [2.45, 2.75) is 19.6 Å². The smallest absolute Gasteiger partial charge is 0.261 e. The SMILES string of the molecule is COc1ccccc1CNC(=O)C(C)Oc1ccc(C(=O)c2ccc(F)cc2)cc1. The molecule has 6 heteroatoms. The number of halogens is 1. The highest BCUT2D eigenvalue weighted by Crippen LogP contribution is 2.18. The highest BCUT2D eigenvalue weighted by atomic mass is 19.1. The van der Waals surface area contributed by atoms with Crippen LogP contribution in [0.4, 0.5) is 4.39 Å². The van der Waals surface area contributed by atoms with Crippen molar-refractivity contribution < 1.29 is 23.5 Å². The quantitative estimate of drug-likeness (QED) is 0.570. The van der Waals surface area contributed by atoms with Crippen LogP contribution >= 0.6 is 0 Å². The van der Waals surface area contributed by atoms with E-state index < -0.39 is 11.9 Å². The van der Waals surface area contributed by atoms with Crippen molar-refractivity contribution in [1.82, 2.24) is 5.32 Å². The Morgan fingerprint density at radius 3 is 2.17 bits per heavy atom. The van der Waals surface area contributed by atoms with Crippen molar-refractivity contribution in [2.24, 2.45) is 0 Å². The van der Waals surface area contributed by atoms with Gasteiger partial charge in [0.25, 0.3) is 5.91 Å². The van der Waals surface area contributed by atoms with Gasteiger partial charge in [0, 0.05) is 23.2 Å². The third kappa shape index (κ3) is 5.23. The van der Waals surface area contributed by atoms with Gasteiger partial charge in [-0.2, -0.15) is 0 Å². The minimum Gasteiger partial charge on any atom is -0.496 e. The first kappa shape index (κ1) is 21.0. The fraction of sp³-hybridized carbons (Fsp3) is 0.167. The molecular formula is C24H22FNO4. The molecule has 0 spiro atoms. The molecule has 0 fully saturated rings. The number of para-hydroxylation sites is 1. The average molecular weight is 407 g/mol. The van der Waals surface area contributed by atoms with Gasteiger partial charge in [-0.3, -0.25) is 9.59 Å². The van der Waals surface area contributed by atoms with Gasteiger partial charge >= 0.3 is 0 Å². The van der Waals surface area contributed by atoms with E-state index in [0.717, 1.165) is 5.56 Å². The van der Waals surface area contributed by atoms with Crippen molar-refractivity contribution in [3.05, 3.63) is 95.3 Å². The molecule has 154 valence electrons. The molecule has 0 bridgehead atoms. The van der Waals surface area contributed by atoms with Gasteiger partial charge < -0.3 is 14.8 Å². The topological polar surface area (TPSA) is 64.6 Å². The summed E-state index contributed by atoms with van der Waals surface area (Å²) in [6.07, 6.45) is -0.724. The lowest BCUT2D eigenvalue weighted by atomic mass is 10.0. The van der Waals surface area contributed by atoms with Gasteiger partial charge in [-0.25, -0.2) is 4.39 Å². The summed E-state index contributed by atoms with van der Waals surface area (Å²) >= 11 is 0. The fourth-order valence-corrected chi connectivity index (χ4v) is 2.89. The van der Waals surface area contributed by atoms with Gasteiger partial charge in [-0.1, -0.05) is 18.2 Å². The van der Waals surface area contributed by atoms with Crippen LogP contribution < -0.4 is 14.8 Å². The largest absolute Gasteiger partial charge is 0.496 e. The molecular weight excluding hydrogens is 385 g/mol. The van der Waals surface area contributed by atoms with Crippen LogP contribution in [0, 0.1) is 5.82 Å². The maximum absolute atomic E-state index is 13.0. The monoisotopic (exact) mass is 407 g/mol. The number of carbonyl (C=O) groups is 2. The van der Waals surface area contributed by atoms with Crippen LogP contribution in [0.25, 0.3) is 0 Å². The minimum atomic E-state index is -0.724. The highest BCUT2D eigenvalue weighted by molar-refractivity contribution is 6.09. The molecule has 0 saturated heterocycles. The number of rotatable bonds is 8. The van der Waals surface area contributed by atoms with Crippen molar-refractivity contribution in [2.75, 3.05) is 7.11 Å². The summed E-state index contributed by atoms with van der Waals surface area (Å²) in [4.78, 5) is 24.8. The number of hydrogen-bond acceptors (Lipinski definition) is 4. The number of amides is 1. The zero-order valence-corrected chi connectivity index (χ0v) is 16.7. The molecule has 30 heavy (non-hydrogen) atoms. The lowest BCUT2D eigenvalue weighted by Crippen LogP contribution is -2.36. The Morgan fingerprint density at radius 2 is 1.53 bits per heavy atom. The number of nitrogens with one attached hydrogen (secondary N) is 1. The molecule has 3 aromatic rings. The molecule has 0 aromatic heterocycles. The Balaban J connectivity index is 1.57. The van der Waals surface area contributed by atoms with E-state index in [1.165, 1.54) is 24.3 Å². The average Bonchev–Trinajstić information content (AvgIpc) is 2.78. The van der Waals surface area contributed by atoms with Crippen LogP contribution in [0.15, 0.2) is 72.8 Å². The van der Waals surface area contributed by atoms with Crippen LogP contribution in [-0.4, -0.2) is 24.9 Å². The molecule has 0 saturated carbocycles. The summed E-state index contributed by atoms with van der Waals surface area (Å²) in [6.45, 7) is 1.97. The van der Waals surface area contributed by atoms with E-state index in [0.29, 0.717) is 29.2 Å². The van der Waals surface area contributed by atoms with Gasteiger partial charge in [-0.05, 0) is 61.5 Å². The van der Waals surface area contributed by atoms with Crippen LogP contribution in [-0.2, 0) is 11.3 Å². The molecule has 5 nitrogen and oxygen atoms in total. The van der Waals surface area contributed by atoms with Gasteiger partial charge in [0.15, 0.2) is 11.9 Å². The van der Waals surface area contributed by atoms with Gasteiger partial charge in [-0.15, -0.1) is 0 Å².